The summed E-state index contributed by atoms with van der Waals surface area (Å²) >= 11 is 3.47. The van der Waals surface area contributed by atoms with Crippen molar-refractivity contribution >= 4 is 33.3 Å². The third-order valence-corrected chi connectivity index (χ3v) is 4.62. The molecular formula is C21H24BrNO3. The number of anilines is 1. The lowest BCUT2D eigenvalue weighted by Crippen LogP contribution is -2.12. The van der Waals surface area contributed by atoms with Crippen LogP contribution in [0.15, 0.2) is 46.9 Å². The van der Waals surface area contributed by atoms with Gasteiger partial charge in [0, 0.05) is 16.8 Å². The predicted molar refractivity (Wildman–Crippen MR) is 108 cm³/mol. The highest BCUT2D eigenvalue weighted by Crippen LogP contribution is 2.26. The number of halogens is 1. The smallest absolute Gasteiger partial charge is 0.255 e. The first-order chi connectivity index (χ1) is 12.5. The molecule has 0 saturated carbocycles. The number of carbonyl (C=O) groups excluding carboxylic acids is 2. The van der Waals surface area contributed by atoms with Gasteiger partial charge >= 0.3 is 0 Å². The maximum atomic E-state index is 12.4. The number of rotatable bonds is 9. The number of nitrogens with one attached hydrogen (secondary N) is 1. The van der Waals surface area contributed by atoms with Crippen LogP contribution in [0.3, 0.4) is 0 Å². The second kappa shape index (κ2) is 10.1. The first-order valence-corrected chi connectivity index (χ1v) is 9.65. The van der Waals surface area contributed by atoms with E-state index in [2.05, 4.69) is 28.2 Å². The van der Waals surface area contributed by atoms with Crippen LogP contribution in [0.5, 0.6) is 5.75 Å². The molecule has 1 amide bonds. The highest BCUT2D eigenvalue weighted by molar-refractivity contribution is 9.10. The van der Waals surface area contributed by atoms with E-state index in [9.17, 15) is 9.59 Å². The maximum Gasteiger partial charge on any atom is 0.255 e. The number of ketones is 1. The average Bonchev–Trinajstić information content (AvgIpc) is 2.63. The summed E-state index contributed by atoms with van der Waals surface area (Å²) in [4.78, 5) is 23.7. The van der Waals surface area contributed by atoms with Gasteiger partial charge in [0.05, 0.1) is 11.1 Å². The third-order valence-electron chi connectivity index (χ3n) is 4.00. The highest BCUT2D eigenvalue weighted by Gasteiger charge is 2.10. The molecule has 0 radical (unpaired) electrons. The monoisotopic (exact) mass is 417 g/mol. The van der Waals surface area contributed by atoms with E-state index in [0.717, 1.165) is 23.1 Å². The van der Waals surface area contributed by atoms with Gasteiger partial charge in [-0.3, -0.25) is 9.59 Å². The number of amides is 1. The van der Waals surface area contributed by atoms with Crippen LogP contribution < -0.4 is 10.1 Å². The molecule has 2 aromatic carbocycles. The Morgan fingerprint density at radius 2 is 1.69 bits per heavy atom. The van der Waals surface area contributed by atoms with E-state index in [-0.39, 0.29) is 11.7 Å². The quantitative estimate of drug-likeness (QED) is 0.410. The number of ether oxygens (including phenoxy) is 1. The number of benzene rings is 2. The molecule has 0 saturated heterocycles. The van der Waals surface area contributed by atoms with Crippen LogP contribution in [-0.2, 0) is 0 Å². The van der Waals surface area contributed by atoms with Gasteiger partial charge in [0.1, 0.15) is 5.75 Å². The first kappa shape index (κ1) is 20.2. The van der Waals surface area contributed by atoms with Crippen molar-refractivity contribution in [3.63, 3.8) is 0 Å². The lowest BCUT2D eigenvalue weighted by Gasteiger charge is -2.10. The molecule has 4 nitrogen and oxygen atoms in total. The van der Waals surface area contributed by atoms with Crippen molar-refractivity contribution in [2.24, 2.45) is 0 Å². The van der Waals surface area contributed by atoms with Crippen molar-refractivity contribution in [1.29, 1.82) is 0 Å². The van der Waals surface area contributed by atoms with E-state index in [1.165, 1.54) is 19.8 Å². The molecule has 26 heavy (non-hydrogen) atoms. The fraction of sp³-hybridized carbons (Fsp3) is 0.333. The van der Waals surface area contributed by atoms with Crippen molar-refractivity contribution < 1.29 is 14.3 Å². The molecule has 0 aromatic heterocycles. The van der Waals surface area contributed by atoms with E-state index >= 15 is 0 Å². The summed E-state index contributed by atoms with van der Waals surface area (Å²) in [6.07, 6.45) is 4.61. The lowest BCUT2D eigenvalue weighted by molar-refractivity contribution is 0.101. The van der Waals surface area contributed by atoms with E-state index in [0.29, 0.717) is 23.4 Å². The second-order valence-electron chi connectivity index (χ2n) is 6.14. The van der Waals surface area contributed by atoms with Crippen molar-refractivity contribution in [2.45, 2.75) is 39.5 Å². The number of hydrogen-bond acceptors (Lipinski definition) is 3. The van der Waals surface area contributed by atoms with Gasteiger partial charge in [-0.15, -0.1) is 0 Å². The summed E-state index contributed by atoms with van der Waals surface area (Å²) < 4.78 is 6.52. The van der Waals surface area contributed by atoms with Gasteiger partial charge < -0.3 is 10.1 Å². The molecular weight excluding hydrogens is 394 g/mol. The van der Waals surface area contributed by atoms with E-state index in [1.807, 2.05) is 0 Å². The van der Waals surface area contributed by atoms with Crippen molar-refractivity contribution in [2.75, 3.05) is 11.9 Å². The Bertz CT molecular complexity index is 756. The van der Waals surface area contributed by atoms with Crippen LogP contribution in [0, 0.1) is 0 Å². The van der Waals surface area contributed by atoms with Gasteiger partial charge in [-0.25, -0.2) is 0 Å². The van der Waals surface area contributed by atoms with Crippen LogP contribution in [0.4, 0.5) is 5.69 Å². The van der Waals surface area contributed by atoms with Gasteiger partial charge in [-0.2, -0.15) is 0 Å². The Labute approximate surface area is 163 Å². The largest absolute Gasteiger partial charge is 0.492 e. The molecule has 0 unspecified atom stereocenters. The molecule has 0 fully saturated rings. The second-order valence-corrected chi connectivity index (χ2v) is 7.00. The van der Waals surface area contributed by atoms with Gasteiger partial charge in [0.2, 0.25) is 0 Å². The van der Waals surface area contributed by atoms with E-state index < -0.39 is 0 Å². The summed E-state index contributed by atoms with van der Waals surface area (Å²) in [5.41, 5.74) is 1.80. The third kappa shape index (κ3) is 5.99. The minimum absolute atomic E-state index is 0.00269. The van der Waals surface area contributed by atoms with Crippen molar-refractivity contribution in [3.05, 3.63) is 58.1 Å². The van der Waals surface area contributed by atoms with Crippen LogP contribution >= 0.6 is 15.9 Å². The standard InChI is InChI=1S/C21H24BrNO3/c1-3-4-5-6-13-26-20-12-9-17(14-19(20)22)21(25)23-18-10-7-16(8-11-18)15(2)24/h7-12,14H,3-6,13H2,1-2H3,(H,23,25). The van der Waals surface area contributed by atoms with Gasteiger partial charge in [0.25, 0.3) is 5.91 Å². The highest BCUT2D eigenvalue weighted by atomic mass is 79.9. The fourth-order valence-corrected chi connectivity index (χ4v) is 2.95. The minimum atomic E-state index is -0.212. The lowest BCUT2D eigenvalue weighted by atomic mass is 10.1. The zero-order valence-electron chi connectivity index (χ0n) is 15.2. The molecule has 0 aliphatic carbocycles. The van der Waals surface area contributed by atoms with Gasteiger partial charge in [-0.1, -0.05) is 26.2 Å². The molecule has 0 bridgehead atoms. The zero-order chi connectivity index (χ0) is 18.9. The SMILES string of the molecule is CCCCCCOc1ccc(C(=O)Nc2ccc(C(C)=O)cc2)cc1Br. The molecule has 1 N–H and O–H groups in total. The maximum absolute atomic E-state index is 12.4. The van der Waals surface area contributed by atoms with Crippen LogP contribution in [0.1, 0.15) is 60.2 Å². The van der Waals surface area contributed by atoms with Crippen molar-refractivity contribution in [1.82, 2.24) is 0 Å². The molecule has 2 rings (SSSR count). The summed E-state index contributed by atoms with van der Waals surface area (Å²) in [5, 5.41) is 2.83. The van der Waals surface area contributed by atoms with Crippen LogP contribution in [0.2, 0.25) is 0 Å². The summed E-state index contributed by atoms with van der Waals surface area (Å²) in [5.74, 6) is 0.525. The molecule has 5 heteroatoms. The Morgan fingerprint density at radius 1 is 1.00 bits per heavy atom. The Hall–Kier alpha value is -2.14. The molecule has 0 heterocycles. The van der Waals surface area contributed by atoms with E-state index in [1.54, 1.807) is 42.5 Å². The average molecular weight is 418 g/mol. The fourth-order valence-electron chi connectivity index (χ4n) is 2.46. The normalized spacial score (nSPS) is 10.4. The zero-order valence-corrected chi connectivity index (χ0v) is 16.8. The molecule has 0 spiro atoms. The summed E-state index contributed by atoms with van der Waals surface area (Å²) in [7, 11) is 0. The van der Waals surface area contributed by atoms with Crippen LogP contribution in [-0.4, -0.2) is 18.3 Å². The number of unbranched alkanes of at least 4 members (excludes halogenated alkanes) is 3. The molecule has 0 aliphatic rings. The molecule has 138 valence electrons. The Kier molecular flexibility index (Phi) is 7.85. The summed E-state index contributed by atoms with van der Waals surface area (Å²) in [6.45, 7) is 4.37. The number of carbonyl (C=O) groups is 2. The molecule has 0 aliphatic heterocycles. The Morgan fingerprint density at radius 3 is 2.31 bits per heavy atom. The van der Waals surface area contributed by atoms with Crippen LogP contribution in [0.25, 0.3) is 0 Å². The van der Waals surface area contributed by atoms with Gasteiger partial charge in [-0.05, 0) is 71.7 Å². The topological polar surface area (TPSA) is 55.4 Å². The van der Waals surface area contributed by atoms with E-state index in [4.69, 9.17) is 4.74 Å². The Balaban J connectivity index is 1.94. The van der Waals surface area contributed by atoms with Gasteiger partial charge in [0.15, 0.2) is 5.78 Å². The number of Topliss-reactive ketones (excluding diaryl/α,β-unsaturated/α-hetero) is 1. The molecule has 0 atom stereocenters. The summed E-state index contributed by atoms with van der Waals surface area (Å²) in [6, 6.07) is 12.1. The first-order valence-electron chi connectivity index (χ1n) is 8.86. The predicted octanol–water partition coefficient (Wildman–Crippen LogP) is 5.86. The molecule has 2 aromatic rings. The number of hydrogen-bond donors (Lipinski definition) is 1. The minimum Gasteiger partial charge on any atom is -0.492 e. The van der Waals surface area contributed by atoms with Crippen molar-refractivity contribution in [3.8, 4) is 5.75 Å².